The lowest BCUT2D eigenvalue weighted by Crippen LogP contribution is -2.49. The van der Waals surface area contributed by atoms with Gasteiger partial charge in [0.1, 0.15) is 11.6 Å². The Morgan fingerprint density at radius 1 is 0.758 bits per heavy atom. The van der Waals surface area contributed by atoms with Gasteiger partial charge in [-0.05, 0) is 50.6 Å². The monoisotopic (exact) mass is 450 g/mol. The van der Waals surface area contributed by atoms with Crippen molar-refractivity contribution in [1.29, 1.82) is 0 Å². The average Bonchev–Trinajstić information content (AvgIpc) is 3.60. The van der Waals surface area contributed by atoms with Crippen molar-refractivity contribution in [3.63, 3.8) is 0 Å². The van der Waals surface area contributed by atoms with Crippen LogP contribution in [-0.2, 0) is 0 Å². The van der Waals surface area contributed by atoms with E-state index in [1.807, 2.05) is 0 Å². The zero-order valence-corrected chi connectivity index (χ0v) is 19.8. The predicted octanol–water partition coefficient (Wildman–Crippen LogP) is 3.31. The topological polar surface area (TPSA) is 59.0 Å². The van der Waals surface area contributed by atoms with Crippen LogP contribution in [0, 0.1) is 0 Å². The van der Waals surface area contributed by atoms with Crippen LogP contribution < -0.4 is 14.7 Å². The van der Waals surface area contributed by atoms with Crippen molar-refractivity contribution in [2.45, 2.75) is 44.6 Å². The molecule has 3 aliphatic rings. The van der Waals surface area contributed by atoms with E-state index in [1.54, 1.807) is 0 Å². The van der Waals surface area contributed by atoms with Crippen LogP contribution in [0.4, 0.5) is 17.6 Å². The normalized spacial score (nSPS) is 21.8. The lowest BCUT2D eigenvalue weighted by Gasteiger charge is -2.42. The summed E-state index contributed by atoms with van der Waals surface area (Å²) >= 11 is 0. The maximum atomic E-state index is 9.25. The van der Waals surface area contributed by atoms with Crippen LogP contribution in [0.3, 0.4) is 0 Å². The van der Waals surface area contributed by atoms with Crippen LogP contribution in [-0.4, -0.2) is 78.9 Å². The molecule has 3 saturated heterocycles. The third-order valence-corrected chi connectivity index (χ3v) is 7.36. The Hall–Kier alpha value is -2.38. The van der Waals surface area contributed by atoms with Crippen molar-refractivity contribution in [1.82, 2.24) is 14.9 Å². The van der Waals surface area contributed by atoms with Crippen molar-refractivity contribution in [2.75, 3.05) is 73.7 Å². The molecule has 3 fully saturated rings. The molecule has 0 bridgehead atoms. The number of anilines is 3. The summed E-state index contributed by atoms with van der Waals surface area (Å²) in [4.78, 5) is 20.0. The minimum absolute atomic E-state index is 0.273. The van der Waals surface area contributed by atoms with E-state index in [9.17, 15) is 5.11 Å². The summed E-state index contributed by atoms with van der Waals surface area (Å²) in [6.07, 6.45) is 6.87. The first-order chi connectivity index (χ1) is 16.3. The fourth-order valence-electron chi connectivity index (χ4n) is 5.45. The summed E-state index contributed by atoms with van der Waals surface area (Å²) in [6, 6.07) is 13.4. The summed E-state index contributed by atoms with van der Waals surface area (Å²) in [5.74, 6) is 3.08. The molecular formula is C26H38N6O. The summed E-state index contributed by atoms with van der Waals surface area (Å²) in [5.41, 5.74) is 1.36. The molecular weight excluding hydrogens is 412 g/mol. The highest BCUT2D eigenvalue weighted by atomic mass is 16.2. The minimum Gasteiger partial charge on any atom is -0.396 e. The van der Waals surface area contributed by atoms with E-state index < -0.39 is 0 Å². The molecule has 1 aromatic heterocycles. The quantitative estimate of drug-likeness (QED) is 0.619. The molecule has 1 atom stereocenters. The van der Waals surface area contributed by atoms with Gasteiger partial charge in [-0.1, -0.05) is 30.3 Å². The van der Waals surface area contributed by atoms with Gasteiger partial charge in [0, 0.05) is 58.5 Å². The fourth-order valence-corrected chi connectivity index (χ4v) is 5.45. The van der Waals surface area contributed by atoms with Crippen LogP contribution in [0.1, 0.15) is 50.1 Å². The molecule has 5 rings (SSSR count). The third-order valence-electron chi connectivity index (χ3n) is 7.36. The summed E-state index contributed by atoms with van der Waals surface area (Å²) in [5, 5.41) is 9.25. The Morgan fingerprint density at radius 3 is 2.12 bits per heavy atom. The number of rotatable bonds is 8. The fraction of sp³-hybridized carbons (Fsp3) is 0.615. The van der Waals surface area contributed by atoms with E-state index in [0.29, 0.717) is 6.04 Å². The molecule has 4 heterocycles. The van der Waals surface area contributed by atoms with Gasteiger partial charge < -0.3 is 19.8 Å². The van der Waals surface area contributed by atoms with E-state index in [4.69, 9.17) is 9.97 Å². The Kier molecular flexibility index (Phi) is 7.27. The molecule has 3 aliphatic heterocycles. The highest BCUT2D eigenvalue weighted by Crippen LogP contribution is 2.32. The smallest absolute Gasteiger partial charge is 0.229 e. The Bertz CT molecular complexity index is 847. The number of nitrogens with zero attached hydrogens (tertiary/aromatic N) is 6. The molecule has 0 aliphatic carbocycles. The zero-order valence-electron chi connectivity index (χ0n) is 19.8. The van der Waals surface area contributed by atoms with Crippen molar-refractivity contribution < 1.29 is 5.11 Å². The molecule has 0 spiro atoms. The minimum atomic E-state index is 0.273. The number of piperazine rings is 1. The SMILES string of the molecule is OCCCCN1CCN(c2cc(N3CCCC3)nc(N3CCCC3)n2)CC1c1ccccc1. The van der Waals surface area contributed by atoms with E-state index >= 15 is 0 Å². The van der Waals surface area contributed by atoms with E-state index in [0.717, 1.165) is 82.8 Å². The average molecular weight is 451 g/mol. The highest BCUT2D eigenvalue weighted by Gasteiger charge is 2.30. The first kappa shape index (κ1) is 22.4. The van der Waals surface area contributed by atoms with Crippen molar-refractivity contribution in [3.05, 3.63) is 42.0 Å². The first-order valence-corrected chi connectivity index (χ1v) is 12.9. The number of hydrogen-bond acceptors (Lipinski definition) is 7. The van der Waals surface area contributed by atoms with Crippen LogP contribution in [0.25, 0.3) is 0 Å². The number of hydrogen-bond donors (Lipinski definition) is 1. The van der Waals surface area contributed by atoms with Gasteiger partial charge in [-0.2, -0.15) is 9.97 Å². The molecule has 1 aromatic carbocycles. The summed E-state index contributed by atoms with van der Waals surface area (Å²) in [7, 11) is 0. The van der Waals surface area contributed by atoms with Gasteiger partial charge in [0.2, 0.25) is 5.95 Å². The van der Waals surface area contributed by atoms with Crippen LogP contribution in [0.2, 0.25) is 0 Å². The second kappa shape index (κ2) is 10.7. The highest BCUT2D eigenvalue weighted by molar-refractivity contribution is 5.56. The Labute approximate surface area is 198 Å². The van der Waals surface area contributed by atoms with Crippen molar-refractivity contribution >= 4 is 17.6 Å². The van der Waals surface area contributed by atoms with Crippen LogP contribution in [0.15, 0.2) is 36.4 Å². The lowest BCUT2D eigenvalue weighted by molar-refractivity contribution is 0.168. The number of aromatic nitrogens is 2. The largest absolute Gasteiger partial charge is 0.396 e. The lowest BCUT2D eigenvalue weighted by atomic mass is 10.0. The summed E-state index contributed by atoms with van der Waals surface area (Å²) < 4.78 is 0. The Morgan fingerprint density at radius 2 is 1.42 bits per heavy atom. The van der Waals surface area contributed by atoms with Gasteiger partial charge in [0.15, 0.2) is 0 Å². The van der Waals surface area contributed by atoms with Gasteiger partial charge in [-0.3, -0.25) is 4.90 Å². The standard InChI is InChI=1S/C26H38N6O/c33-19-9-8-12-29-17-18-32(21-23(29)22-10-2-1-3-11-22)25-20-24(30-13-4-5-14-30)27-26(28-25)31-15-6-7-16-31/h1-3,10-11,20,23,33H,4-9,12-19,21H2. The van der Waals surface area contributed by atoms with E-state index in [-0.39, 0.29) is 6.61 Å². The molecule has 0 amide bonds. The van der Waals surface area contributed by atoms with Gasteiger partial charge in [0.25, 0.3) is 0 Å². The second-order valence-electron chi connectivity index (χ2n) is 9.61. The maximum absolute atomic E-state index is 9.25. The van der Waals surface area contributed by atoms with E-state index in [1.165, 1.54) is 31.2 Å². The molecule has 1 unspecified atom stereocenters. The van der Waals surface area contributed by atoms with Crippen LogP contribution >= 0.6 is 0 Å². The molecule has 0 saturated carbocycles. The van der Waals surface area contributed by atoms with Crippen molar-refractivity contribution in [3.8, 4) is 0 Å². The molecule has 33 heavy (non-hydrogen) atoms. The van der Waals surface area contributed by atoms with E-state index in [2.05, 4.69) is 56.0 Å². The molecule has 0 radical (unpaired) electrons. The van der Waals surface area contributed by atoms with Crippen molar-refractivity contribution in [2.24, 2.45) is 0 Å². The number of aliphatic hydroxyl groups excluding tert-OH is 1. The Balaban J connectivity index is 1.41. The summed E-state index contributed by atoms with van der Waals surface area (Å²) in [6.45, 7) is 8.53. The second-order valence-corrected chi connectivity index (χ2v) is 9.61. The molecule has 178 valence electrons. The first-order valence-electron chi connectivity index (χ1n) is 12.9. The maximum Gasteiger partial charge on any atom is 0.229 e. The molecule has 7 nitrogen and oxygen atoms in total. The number of aliphatic hydroxyl groups is 1. The molecule has 1 N–H and O–H groups in total. The molecule has 2 aromatic rings. The zero-order chi connectivity index (χ0) is 22.5. The van der Waals surface area contributed by atoms with Gasteiger partial charge >= 0.3 is 0 Å². The third kappa shape index (κ3) is 5.25. The van der Waals surface area contributed by atoms with Crippen LogP contribution in [0.5, 0.6) is 0 Å². The number of benzene rings is 1. The van der Waals surface area contributed by atoms with Gasteiger partial charge in [-0.15, -0.1) is 0 Å². The van der Waals surface area contributed by atoms with Gasteiger partial charge in [-0.25, -0.2) is 0 Å². The van der Waals surface area contributed by atoms with Gasteiger partial charge in [0.05, 0.1) is 6.04 Å². The number of unbranched alkanes of at least 4 members (excludes halogenated alkanes) is 1. The predicted molar refractivity (Wildman–Crippen MR) is 134 cm³/mol. The molecule has 7 heteroatoms.